The number of carbonyl (C=O) groups excluding carboxylic acids is 1. The van der Waals surface area contributed by atoms with Crippen molar-refractivity contribution >= 4 is 11.7 Å². The number of aliphatic hydroxyl groups is 1. The quantitative estimate of drug-likeness (QED) is 0.597. The highest BCUT2D eigenvalue weighted by atomic mass is 16.5. The summed E-state index contributed by atoms with van der Waals surface area (Å²) >= 11 is 0. The van der Waals surface area contributed by atoms with Crippen molar-refractivity contribution in [2.75, 3.05) is 25.1 Å². The zero-order valence-corrected chi connectivity index (χ0v) is 16.6. The number of benzene rings is 2. The fraction of sp³-hybridized carbons (Fsp3) is 0.364. The Labute approximate surface area is 170 Å². The number of aliphatic carboxylic acids is 1. The predicted molar refractivity (Wildman–Crippen MR) is 107 cm³/mol. The maximum absolute atomic E-state index is 12.0. The van der Waals surface area contributed by atoms with E-state index < -0.39 is 12.0 Å². The van der Waals surface area contributed by atoms with Gasteiger partial charge < -0.3 is 29.8 Å². The van der Waals surface area contributed by atoms with Crippen LogP contribution in [0.4, 0.5) is 5.69 Å². The minimum atomic E-state index is -1.34. The Bertz CT molecular complexity index is 859. The van der Waals surface area contributed by atoms with E-state index in [4.69, 9.17) is 19.8 Å². The van der Waals surface area contributed by atoms with Crippen LogP contribution in [0.1, 0.15) is 43.0 Å². The number of carbonyl (C=O) groups is 1. The first-order chi connectivity index (χ1) is 14.0. The van der Waals surface area contributed by atoms with Crippen molar-refractivity contribution in [2.45, 2.75) is 32.7 Å². The van der Waals surface area contributed by atoms with Gasteiger partial charge in [-0.1, -0.05) is 13.3 Å². The van der Waals surface area contributed by atoms with Crippen molar-refractivity contribution in [3.8, 4) is 17.6 Å². The molecule has 0 aliphatic rings. The summed E-state index contributed by atoms with van der Waals surface area (Å²) in [5.74, 6) is -0.399. The average molecular weight is 397 g/mol. The molecule has 0 radical (unpaired) electrons. The van der Waals surface area contributed by atoms with Crippen LogP contribution in [0, 0.1) is 11.3 Å². The van der Waals surface area contributed by atoms with Crippen LogP contribution in [0.25, 0.3) is 0 Å². The molecule has 2 rings (SSSR count). The Kier molecular flexibility index (Phi) is 8.31. The molecular weight excluding hydrogens is 372 g/mol. The Balaban J connectivity index is 2.49. The molecule has 0 aromatic heterocycles. The summed E-state index contributed by atoms with van der Waals surface area (Å²) in [4.78, 5) is 12.0. The number of aryl methyl sites for hydroxylation is 1. The molecule has 29 heavy (non-hydrogen) atoms. The van der Waals surface area contributed by atoms with E-state index in [0.717, 1.165) is 18.4 Å². The number of carboxylic acids is 1. The topological polar surface area (TPSA) is 115 Å². The molecule has 0 aliphatic heterocycles. The summed E-state index contributed by atoms with van der Waals surface area (Å²) in [7, 11) is 0. The number of ether oxygens (including phenoxy) is 2. The molecule has 0 bridgehead atoms. The predicted octanol–water partition coefficient (Wildman–Crippen LogP) is 2.18. The van der Waals surface area contributed by atoms with Crippen molar-refractivity contribution in [1.82, 2.24) is 0 Å². The molecule has 2 aromatic rings. The number of carboxylic acid groups (broad SMARTS) is 1. The van der Waals surface area contributed by atoms with E-state index >= 15 is 0 Å². The summed E-state index contributed by atoms with van der Waals surface area (Å²) in [6.07, 6.45) is 1.62. The van der Waals surface area contributed by atoms with Gasteiger partial charge in [-0.25, -0.2) is 0 Å². The van der Waals surface area contributed by atoms with Crippen LogP contribution in [0.3, 0.4) is 0 Å². The number of nitrogens with zero attached hydrogens (tertiary/aromatic N) is 1. The van der Waals surface area contributed by atoms with E-state index in [1.54, 1.807) is 36.4 Å². The maximum atomic E-state index is 12.0. The van der Waals surface area contributed by atoms with Gasteiger partial charge in [0.25, 0.3) is 0 Å². The van der Waals surface area contributed by atoms with Gasteiger partial charge in [-0.2, -0.15) is 5.26 Å². The summed E-state index contributed by atoms with van der Waals surface area (Å²) in [6, 6.07) is 10.6. The Morgan fingerprint density at radius 2 is 1.93 bits per heavy atom. The fourth-order valence-corrected chi connectivity index (χ4v) is 2.95. The van der Waals surface area contributed by atoms with Crippen molar-refractivity contribution in [3.63, 3.8) is 0 Å². The fourth-order valence-electron chi connectivity index (χ4n) is 2.95. The van der Waals surface area contributed by atoms with Gasteiger partial charge in [0, 0.05) is 11.3 Å². The monoisotopic (exact) mass is 397 g/mol. The van der Waals surface area contributed by atoms with E-state index in [-0.39, 0.29) is 13.2 Å². The number of nitrogens with one attached hydrogen (secondary N) is 1. The van der Waals surface area contributed by atoms with Gasteiger partial charge in [-0.3, -0.25) is 0 Å². The minimum Gasteiger partial charge on any atom is -0.548 e. The lowest BCUT2D eigenvalue weighted by molar-refractivity contribution is -0.307. The van der Waals surface area contributed by atoms with Crippen LogP contribution < -0.4 is 19.9 Å². The lowest BCUT2D eigenvalue weighted by Gasteiger charge is -2.25. The zero-order valence-electron chi connectivity index (χ0n) is 16.6. The van der Waals surface area contributed by atoms with Gasteiger partial charge in [0.2, 0.25) is 0 Å². The lowest BCUT2D eigenvalue weighted by Crippen LogP contribution is -2.34. The highest BCUT2D eigenvalue weighted by molar-refractivity contribution is 5.79. The zero-order chi connectivity index (χ0) is 21.2. The average Bonchev–Trinajstić information content (AvgIpc) is 2.72. The molecule has 0 fully saturated rings. The van der Waals surface area contributed by atoms with Crippen molar-refractivity contribution < 1.29 is 24.5 Å². The van der Waals surface area contributed by atoms with Crippen molar-refractivity contribution in [2.24, 2.45) is 0 Å². The molecule has 0 aliphatic carbocycles. The van der Waals surface area contributed by atoms with Crippen molar-refractivity contribution in [3.05, 3.63) is 53.1 Å². The number of hydrogen-bond donors (Lipinski definition) is 2. The van der Waals surface area contributed by atoms with Crippen LogP contribution in [0.15, 0.2) is 36.4 Å². The number of aliphatic hydroxyl groups excluding tert-OH is 1. The molecule has 0 spiro atoms. The van der Waals surface area contributed by atoms with Gasteiger partial charge in [-0.15, -0.1) is 0 Å². The SMILES string of the molecule is CCCc1cc(OCCO)c(C(Nc2ccc(C#N)cc2)C(=O)[O-])cc1OCC. The van der Waals surface area contributed by atoms with Crippen molar-refractivity contribution in [1.29, 1.82) is 5.26 Å². The summed E-state index contributed by atoms with van der Waals surface area (Å²) in [5.41, 5.74) is 2.23. The molecule has 0 saturated carbocycles. The molecule has 2 aromatic carbocycles. The Morgan fingerprint density at radius 1 is 1.21 bits per heavy atom. The van der Waals surface area contributed by atoms with Gasteiger partial charge in [0.1, 0.15) is 18.1 Å². The van der Waals surface area contributed by atoms with Crippen LogP contribution >= 0.6 is 0 Å². The van der Waals surface area contributed by atoms with Crippen LogP contribution in [-0.4, -0.2) is 30.9 Å². The lowest BCUT2D eigenvalue weighted by atomic mass is 9.99. The largest absolute Gasteiger partial charge is 0.548 e. The first-order valence-electron chi connectivity index (χ1n) is 9.54. The summed E-state index contributed by atoms with van der Waals surface area (Å²) in [5, 5.41) is 32.9. The maximum Gasteiger partial charge on any atom is 0.125 e. The molecule has 7 heteroatoms. The smallest absolute Gasteiger partial charge is 0.125 e. The molecule has 0 saturated heterocycles. The molecule has 1 unspecified atom stereocenters. The second-order valence-corrected chi connectivity index (χ2v) is 6.34. The first-order valence-corrected chi connectivity index (χ1v) is 9.54. The third kappa shape index (κ3) is 5.87. The second kappa shape index (κ2) is 10.9. The third-order valence-electron chi connectivity index (χ3n) is 4.23. The minimum absolute atomic E-state index is 0.0309. The van der Waals surface area contributed by atoms with Gasteiger partial charge >= 0.3 is 0 Å². The van der Waals surface area contributed by atoms with Crippen LogP contribution in [0.2, 0.25) is 0 Å². The van der Waals surface area contributed by atoms with Crippen LogP contribution in [-0.2, 0) is 11.2 Å². The van der Waals surface area contributed by atoms with Gasteiger partial charge in [-0.05, 0) is 55.3 Å². The van der Waals surface area contributed by atoms with Gasteiger partial charge in [0.15, 0.2) is 0 Å². The molecule has 0 amide bonds. The summed E-state index contributed by atoms with van der Waals surface area (Å²) in [6.45, 7) is 4.16. The normalized spacial score (nSPS) is 11.4. The Morgan fingerprint density at radius 3 is 2.48 bits per heavy atom. The highest BCUT2D eigenvalue weighted by Gasteiger charge is 2.21. The molecular formula is C22H25N2O5-. The molecule has 2 N–H and O–H groups in total. The van der Waals surface area contributed by atoms with E-state index in [1.807, 2.05) is 19.9 Å². The number of nitriles is 1. The number of hydrogen-bond acceptors (Lipinski definition) is 7. The second-order valence-electron chi connectivity index (χ2n) is 6.34. The number of rotatable bonds is 11. The molecule has 154 valence electrons. The highest BCUT2D eigenvalue weighted by Crippen LogP contribution is 2.35. The van der Waals surface area contributed by atoms with E-state index in [1.165, 1.54) is 0 Å². The van der Waals surface area contributed by atoms with Crippen LogP contribution in [0.5, 0.6) is 11.5 Å². The molecule has 1 atom stereocenters. The first kappa shape index (κ1) is 22.1. The van der Waals surface area contributed by atoms with Gasteiger partial charge in [0.05, 0.1) is 36.9 Å². The van der Waals surface area contributed by atoms with E-state index in [2.05, 4.69) is 5.32 Å². The van der Waals surface area contributed by atoms with E-state index in [0.29, 0.717) is 34.9 Å². The molecule has 7 nitrogen and oxygen atoms in total. The third-order valence-corrected chi connectivity index (χ3v) is 4.23. The molecule has 0 heterocycles. The summed E-state index contributed by atoms with van der Waals surface area (Å²) < 4.78 is 11.4. The Hall–Kier alpha value is -3.24. The number of anilines is 1. The van der Waals surface area contributed by atoms with E-state index in [9.17, 15) is 9.90 Å². The standard InChI is InChI=1S/C22H26N2O5/c1-3-5-16-12-20(29-11-10-25)18(13-19(16)28-4-2)21(22(26)27)24-17-8-6-15(14-23)7-9-17/h6-9,12-13,21,24-25H,3-5,10-11H2,1-2H3,(H,26,27)/p-1.